The molecule has 33 heavy (non-hydrogen) atoms. The predicted octanol–water partition coefficient (Wildman–Crippen LogP) is 6.08. The molecule has 1 N–H and O–H groups in total. The third kappa shape index (κ3) is 7.33. The molecule has 0 saturated carbocycles. The second-order valence-electron chi connectivity index (χ2n) is 7.88. The molecular weight excluding hydrogens is 455 g/mol. The molecule has 2 aromatic carbocycles. The number of carbonyl (C=O) groups excluding carboxylic acids is 1. The topological polar surface area (TPSA) is 58.4 Å². The van der Waals surface area contributed by atoms with Crippen LogP contribution in [0, 0.1) is 0 Å². The Labute approximate surface area is 195 Å². The summed E-state index contributed by atoms with van der Waals surface area (Å²) in [7, 11) is 0. The Kier molecular flexibility index (Phi) is 8.15. The number of nitrogens with zero attached hydrogens (tertiary/aromatic N) is 2. The van der Waals surface area contributed by atoms with Crippen molar-refractivity contribution < 1.29 is 22.4 Å². The Morgan fingerprint density at radius 2 is 1.82 bits per heavy atom. The standard InChI is InChI=1S/C24H25ClF3N3O2/c1-3-16(2)29-23(32)21-15-33-22(30-21)14-31(12-17-7-9-20(25)10-8-17)13-18-5-4-6-19(11-18)24(26,27)28/h4-11,15-16H,3,12-14H2,1-2H3,(H,29,32)/t16-/m0/s1. The molecule has 0 aliphatic carbocycles. The predicted molar refractivity (Wildman–Crippen MR) is 120 cm³/mol. The minimum atomic E-state index is -4.42. The van der Waals surface area contributed by atoms with Crippen LogP contribution in [0.5, 0.6) is 0 Å². The molecule has 0 fully saturated rings. The van der Waals surface area contributed by atoms with E-state index in [2.05, 4.69) is 10.3 Å². The quantitative estimate of drug-likeness (QED) is 0.404. The first kappa shape index (κ1) is 24.8. The van der Waals surface area contributed by atoms with Gasteiger partial charge in [-0.1, -0.05) is 48.9 Å². The summed E-state index contributed by atoms with van der Waals surface area (Å²) in [6, 6.07) is 12.4. The van der Waals surface area contributed by atoms with E-state index in [4.69, 9.17) is 16.0 Å². The van der Waals surface area contributed by atoms with Crippen molar-refractivity contribution in [3.8, 4) is 0 Å². The molecule has 9 heteroatoms. The summed E-state index contributed by atoms with van der Waals surface area (Å²) < 4.78 is 44.9. The molecule has 0 spiro atoms. The second kappa shape index (κ2) is 10.9. The summed E-state index contributed by atoms with van der Waals surface area (Å²) in [6.45, 7) is 4.70. The first-order chi connectivity index (χ1) is 15.6. The molecule has 0 aliphatic rings. The zero-order valence-electron chi connectivity index (χ0n) is 18.3. The molecule has 0 bridgehead atoms. The van der Waals surface area contributed by atoms with Gasteiger partial charge >= 0.3 is 6.18 Å². The number of carbonyl (C=O) groups is 1. The van der Waals surface area contributed by atoms with E-state index in [0.717, 1.165) is 24.1 Å². The molecule has 0 radical (unpaired) electrons. The van der Waals surface area contributed by atoms with E-state index in [-0.39, 0.29) is 30.7 Å². The van der Waals surface area contributed by atoms with Crippen molar-refractivity contribution in [2.24, 2.45) is 0 Å². The van der Waals surface area contributed by atoms with E-state index in [1.807, 2.05) is 30.9 Å². The molecule has 1 heterocycles. The van der Waals surface area contributed by atoms with Gasteiger partial charge in [-0.2, -0.15) is 13.2 Å². The highest BCUT2D eigenvalue weighted by atomic mass is 35.5. The van der Waals surface area contributed by atoms with Gasteiger partial charge in [0.25, 0.3) is 5.91 Å². The second-order valence-corrected chi connectivity index (χ2v) is 8.32. The maximum Gasteiger partial charge on any atom is 0.416 e. The van der Waals surface area contributed by atoms with Gasteiger partial charge in [0, 0.05) is 24.2 Å². The molecule has 0 aliphatic heterocycles. The highest BCUT2D eigenvalue weighted by molar-refractivity contribution is 6.30. The van der Waals surface area contributed by atoms with Gasteiger partial charge in [0.05, 0.1) is 12.1 Å². The van der Waals surface area contributed by atoms with Gasteiger partial charge in [-0.25, -0.2) is 4.98 Å². The molecule has 0 unspecified atom stereocenters. The van der Waals surface area contributed by atoms with Crippen LogP contribution in [0.4, 0.5) is 13.2 Å². The number of nitrogens with one attached hydrogen (secondary N) is 1. The SMILES string of the molecule is CC[C@H](C)NC(=O)c1coc(CN(Cc2ccc(Cl)cc2)Cc2cccc(C(F)(F)F)c2)n1. The average molecular weight is 480 g/mol. The molecule has 1 aromatic heterocycles. The first-order valence-corrected chi connectivity index (χ1v) is 10.9. The van der Waals surface area contributed by atoms with Crippen LogP contribution >= 0.6 is 11.6 Å². The van der Waals surface area contributed by atoms with Crippen LogP contribution in [0.3, 0.4) is 0 Å². The zero-order valence-corrected chi connectivity index (χ0v) is 19.1. The molecule has 1 atom stereocenters. The molecule has 5 nitrogen and oxygen atoms in total. The third-order valence-corrected chi connectivity index (χ3v) is 5.37. The number of benzene rings is 2. The van der Waals surface area contributed by atoms with Gasteiger partial charge in [0.2, 0.25) is 5.89 Å². The molecule has 3 aromatic rings. The Hall–Kier alpha value is -2.84. The fourth-order valence-corrected chi connectivity index (χ4v) is 3.32. The van der Waals surface area contributed by atoms with Gasteiger partial charge in [-0.15, -0.1) is 0 Å². The molecule has 0 saturated heterocycles. The fourth-order valence-electron chi connectivity index (χ4n) is 3.20. The van der Waals surface area contributed by atoms with Gasteiger partial charge in [0.1, 0.15) is 6.26 Å². The number of halogens is 4. The van der Waals surface area contributed by atoms with Crippen LogP contribution in [0.2, 0.25) is 5.02 Å². The van der Waals surface area contributed by atoms with Gasteiger partial charge < -0.3 is 9.73 Å². The molecule has 176 valence electrons. The van der Waals surface area contributed by atoms with Crippen molar-refractivity contribution in [2.45, 2.75) is 52.1 Å². The minimum absolute atomic E-state index is 0.0000350. The van der Waals surface area contributed by atoms with Crippen molar-refractivity contribution in [1.82, 2.24) is 15.2 Å². The summed E-state index contributed by atoms with van der Waals surface area (Å²) in [5.74, 6) is -0.0354. The van der Waals surface area contributed by atoms with Crippen LogP contribution in [0.1, 0.15) is 53.3 Å². The monoisotopic (exact) mass is 479 g/mol. The van der Waals surface area contributed by atoms with Crippen molar-refractivity contribution in [2.75, 3.05) is 0 Å². The Morgan fingerprint density at radius 3 is 2.48 bits per heavy atom. The van der Waals surface area contributed by atoms with Gasteiger partial charge in [0.15, 0.2) is 5.69 Å². The highest BCUT2D eigenvalue weighted by Crippen LogP contribution is 2.30. The Morgan fingerprint density at radius 1 is 1.12 bits per heavy atom. The van der Waals surface area contributed by atoms with E-state index in [1.54, 1.807) is 18.2 Å². The van der Waals surface area contributed by atoms with E-state index >= 15 is 0 Å². The van der Waals surface area contributed by atoms with Crippen LogP contribution in [-0.2, 0) is 25.8 Å². The third-order valence-electron chi connectivity index (χ3n) is 5.11. The number of hydrogen-bond acceptors (Lipinski definition) is 4. The number of aromatic nitrogens is 1. The van der Waals surface area contributed by atoms with E-state index in [9.17, 15) is 18.0 Å². The van der Waals surface area contributed by atoms with Crippen molar-refractivity contribution >= 4 is 17.5 Å². The van der Waals surface area contributed by atoms with Crippen molar-refractivity contribution in [3.63, 3.8) is 0 Å². The number of rotatable bonds is 9. The number of alkyl halides is 3. The Balaban J connectivity index is 1.79. The van der Waals surface area contributed by atoms with Gasteiger partial charge in [-0.3, -0.25) is 9.69 Å². The first-order valence-electron chi connectivity index (χ1n) is 10.5. The lowest BCUT2D eigenvalue weighted by atomic mass is 10.1. The smallest absolute Gasteiger partial charge is 0.416 e. The molecule has 3 rings (SSSR count). The fraction of sp³-hybridized carbons (Fsp3) is 0.333. The van der Waals surface area contributed by atoms with Crippen LogP contribution in [0.15, 0.2) is 59.2 Å². The van der Waals surface area contributed by atoms with Crippen molar-refractivity contribution in [1.29, 1.82) is 0 Å². The lowest BCUT2D eigenvalue weighted by molar-refractivity contribution is -0.137. The minimum Gasteiger partial charge on any atom is -0.447 e. The maximum absolute atomic E-state index is 13.1. The van der Waals surface area contributed by atoms with E-state index < -0.39 is 11.7 Å². The summed E-state index contributed by atoms with van der Waals surface area (Å²) in [4.78, 5) is 18.5. The summed E-state index contributed by atoms with van der Waals surface area (Å²) in [5.41, 5.74) is 0.884. The van der Waals surface area contributed by atoms with Crippen molar-refractivity contribution in [3.05, 3.63) is 88.1 Å². The largest absolute Gasteiger partial charge is 0.447 e. The number of amides is 1. The maximum atomic E-state index is 13.1. The van der Waals surface area contributed by atoms with Crippen LogP contribution in [0.25, 0.3) is 0 Å². The van der Waals surface area contributed by atoms with E-state index in [1.165, 1.54) is 12.3 Å². The molecule has 1 amide bonds. The average Bonchev–Trinajstić information content (AvgIpc) is 3.23. The van der Waals surface area contributed by atoms with Crippen LogP contribution < -0.4 is 5.32 Å². The number of oxazole rings is 1. The van der Waals surface area contributed by atoms with Crippen LogP contribution in [-0.4, -0.2) is 21.8 Å². The number of hydrogen-bond donors (Lipinski definition) is 1. The summed E-state index contributed by atoms with van der Waals surface area (Å²) in [5, 5.41) is 3.41. The summed E-state index contributed by atoms with van der Waals surface area (Å²) >= 11 is 5.96. The normalized spacial score (nSPS) is 12.7. The summed E-state index contributed by atoms with van der Waals surface area (Å²) in [6.07, 6.45) is -2.35. The molecular formula is C24H25ClF3N3O2. The Bertz CT molecular complexity index is 1070. The lowest BCUT2D eigenvalue weighted by Crippen LogP contribution is -2.32. The van der Waals surface area contributed by atoms with E-state index in [0.29, 0.717) is 23.0 Å². The zero-order chi connectivity index (χ0) is 24.0. The highest BCUT2D eigenvalue weighted by Gasteiger charge is 2.30. The lowest BCUT2D eigenvalue weighted by Gasteiger charge is -2.21. The van der Waals surface area contributed by atoms with Gasteiger partial charge in [-0.05, 0) is 42.7 Å².